The van der Waals surface area contributed by atoms with Gasteiger partial charge in [-0.3, -0.25) is 0 Å². The minimum Gasteiger partial charge on any atom is -0.303 e. The lowest BCUT2D eigenvalue weighted by Crippen LogP contribution is -1.87. The first-order valence-corrected chi connectivity index (χ1v) is 4.34. The maximum Gasteiger partial charge on any atom is 0.123 e. The van der Waals surface area contributed by atoms with Crippen LogP contribution in [0.25, 0.3) is 0 Å². The summed E-state index contributed by atoms with van der Waals surface area (Å²) in [6.07, 6.45) is 5.03. The molecule has 0 N–H and O–H groups in total. The summed E-state index contributed by atoms with van der Waals surface area (Å²) in [6, 6.07) is 6.46. The van der Waals surface area contributed by atoms with E-state index >= 15 is 0 Å². The third-order valence-electron chi connectivity index (χ3n) is 1.85. The van der Waals surface area contributed by atoms with Crippen molar-refractivity contribution in [2.24, 2.45) is 0 Å². The molecule has 0 heterocycles. The van der Waals surface area contributed by atoms with Gasteiger partial charge in [-0.15, -0.1) is 0 Å². The number of carbonyl (C=O) groups is 1. The van der Waals surface area contributed by atoms with E-state index in [-0.39, 0.29) is 5.82 Å². The molecule has 0 saturated heterocycles. The van der Waals surface area contributed by atoms with Gasteiger partial charge in [0.15, 0.2) is 0 Å². The largest absolute Gasteiger partial charge is 0.303 e. The molecule has 1 rings (SSSR count). The van der Waals surface area contributed by atoms with Crippen molar-refractivity contribution in [2.75, 3.05) is 0 Å². The smallest absolute Gasteiger partial charge is 0.123 e. The second-order valence-electron chi connectivity index (χ2n) is 2.89. The quantitative estimate of drug-likeness (QED) is 0.501. The molecular formula is C11H12FO. The minimum absolute atomic E-state index is 0.205. The maximum absolute atomic E-state index is 12.5. The van der Waals surface area contributed by atoms with Crippen LogP contribution in [0.2, 0.25) is 0 Å². The molecule has 1 nitrogen and oxygen atoms in total. The van der Waals surface area contributed by atoms with E-state index in [9.17, 15) is 9.18 Å². The zero-order valence-electron chi connectivity index (χ0n) is 7.37. The van der Waals surface area contributed by atoms with Gasteiger partial charge in [0.05, 0.1) is 0 Å². The van der Waals surface area contributed by atoms with Gasteiger partial charge in [-0.05, 0) is 37.0 Å². The van der Waals surface area contributed by atoms with Crippen molar-refractivity contribution in [3.05, 3.63) is 42.1 Å². The van der Waals surface area contributed by atoms with E-state index in [4.69, 9.17) is 0 Å². The highest BCUT2D eigenvalue weighted by Gasteiger charge is 1.93. The second kappa shape index (κ2) is 5.46. The topological polar surface area (TPSA) is 17.1 Å². The summed E-state index contributed by atoms with van der Waals surface area (Å²) in [5.41, 5.74) is 1.11. The van der Waals surface area contributed by atoms with Crippen LogP contribution in [0.3, 0.4) is 0 Å². The number of halogens is 1. The van der Waals surface area contributed by atoms with Crippen LogP contribution in [-0.4, -0.2) is 6.29 Å². The van der Waals surface area contributed by atoms with Crippen molar-refractivity contribution in [1.29, 1.82) is 0 Å². The predicted molar refractivity (Wildman–Crippen MR) is 49.7 cm³/mol. The highest BCUT2D eigenvalue weighted by molar-refractivity contribution is 5.60. The van der Waals surface area contributed by atoms with E-state index in [1.807, 2.05) is 0 Å². The lowest BCUT2D eigenvalue weighted by molar-refractivity contribution is -0.105. The van der Waals surface area contributed by atoms with Gasteiger partial charge in [0, 0.05) is 6.42 Å². The Hall–Kier alpha value is -1.18. The van der Waals surface area contributed by atoms with Gasteiger partial charge in [-0.1, -0.05) is 12.1 Å². The molecule has 0 aliphatic rings. The Bertz CT molecular complexity index is 253. The van der Waals surface area contributed by atoms with Gasteiger partial charge in [0.25, 0.3) is 0 Å². The Balaban J connectivity index is 2.28. The van der Waals surface area contributed by atoms with Crippen molar-refractivity contribution in [2.45, 2.75) is 19.3 Å². The van der Waals surface area contributed by atoms with Gasteiger partial charge >= 0.3 is 0 Å². The van der Waals surface area contributed by atoms with E-state index < -0.39 is 0 Å². The van der Waals surface area contributed by atoms with Crippen LogP contribution < -0.4 is 0 Å². The molecule has 0 bridgehead atoms. The fourth-order valence-electron chi connectivity index (χ4n) is 1.14. The van der Waals surface area contributed by atoms with Crippen molar-refractivity contribution in [3.8, 4) is 0 Å². The van der Waals surface area contributed by atoms with E-state index in [0.717, 1.165) is 31.1 Å². The predicted octanol–water partition coefficient (Wildman–Crippen LogP) is 2.55. The molecule has 1 aromatic carbocycles. The fourth-order valence-corrected chi connectivity index (χ4v) is 1.14. The van der Waals surface area contributed by atoms with Crippen LogP contribution in [0.1, 0.15) is 18.4 Å². The Kier molecular flexibility index (Phi) is 4.16. The third kappa shape index (κ3) is 3.83. The number of aryl methyl sites for hydroxylation is 1. The summed E-state index contributed by atoms with van der Waals surface area (Å²) in [4.78, 5) is 9.96. The van der Waals surface area contributed by atoms with Crippen LogP contribution in [0.5, 0.6) is 0 Å². The summed E-state index contributed by atoms with van der Waals surface area (Å²) in [6.45, 7) is 0. The summed E-state index contributed by atoms with van der Waals surface area (Å²) in [7, 11) is 0. The average Bonchev–Trinajstić information content (AvgIpc) is 2.15. The van der Waals surface area contributed by atoms with Crippen LogP contribution in [0.4, 0.5) is 4.39 Å². The molecule has 1 radical (unpaired) electrons. The number of carbonyl (C=O) groups excluding carboxylic acids is 1. The van der Waals surface area contributed by atoms with Crippen LogP contribution in [0.15, 0.2) is 24.3 Å². The van der Waals surface area contributed by atoms with E-state index in [0.29, 0.717) is 0 Å². The second-order valence-corrected chi connectivity index (χ2v) is 2.89. The van der Waals surface area contributed by atoms with Crippen molar-refractivity contribution in [3.63, 3.8) is 0 Å². The molecule has 0 aliphatic heterocycles. The SMILES string of the molecule is O=C[CH]CCCc1ccc(F)cc1. The van der Waals surface area contributed by atoms with Gasteiger partial charge in [-0.25, -0.2) is 4.39 Å². The van der Waals surface area contributed by atoms with Gasteiger partial charge < -0.3 is 4.79 Å². The number of hydrogen-bond acceptors (Lipinski definition) is 1. The average molecular weight is 179 g/mol. The summed E-state index contributed by atoms with van der Waals surface area (Å²) >= 11 is 0. The van der Waals surface area contributed by atoms with Gasteiger partial charge in [-0.2, -0.15) is 0 Å². The molecular weight excluding hydrogens is 167 g/mol. The van der Waals surface area contributed by atoms with Crippen molar-refractivity contribution >= 4 is 6.29 Å². The zero-order chi connectivity index (χ0) is 9.52. The Labute approximate surface area is 77.6 Å². The van der Waals surface area contributed by atoms with E-state index in [1.165, 1.54) is 12.1 Å². The summed E-state index contributed by atoms with van der Waals surface area (Å²) in [5, 5.41) is 0. The number of aldehydes is 1. The first kappa shape index (κ1) is 9.90. The number of unbranched alkanes of at least 4 members (excludes halogenated alkanes) is 2. The maximum atomic E-state index is 12.5. The monoisotopic (exact) mass is 179 g/mol. The molecule has 69 valence electrons. The molecule has 0 amide bonds. The minimum atomic E-state index is -0.205. The normalized spacial score (nSPS) is 9.92. The Morgan fingerprint density at radius 3 is 2.54 bits per heavy atom. The molecule has 2 heteroatoms. The number of rotatable bonds is 5. The molecule has 0 saturated carbocycles. The highest BCUT2D eigenvalue weighted by atomic mass is 19.1. The van der Waals surface area contributed by atoms with Gasteiger partial charge in [0.2, 0.25) is 0 Å². The highest BCUT2D eigenvalue weighted by Crippen LogP contribution is 2.07. The lowest BCUT2D eigenvalue weighted by Gasteiger charge is -1.98. The van der Waals surface area contributed by atoms with Crippen molar-refractivity contribution in [1.82, 2.24) is 0 Å². The van der Waals surface area contributed by atoms with E-state index in [2.05, 4.69) is 0 Å². The molecule has 0 aliphatic carbocycles. The Morgan fingerprint density at radius 2 is 1.92 bits per heavy atom. The molecule has 0 atom stereocenters. The molecule has 13 heavy (non-hydrogen) atoms. The first-order chi connectivity index (χ1) is 6.33. The van der Waals surface area contributed by atoms with Gasteiger partial charge in [0.1, 0.15) is 12.1 Å². The summed E-state index contributed by atoms with van der Waals surface area (Å²) in [5.74, 6) is -0.205. The zero-order valence-corrected chi connectivity index (χ0v) is 7.37. The molecule has 0 aromatic heterocycles. The molecule has 0 fully saturated rings. The lowest BCUT2D eigenvalue weighted by atomic mass is 10.1. The van der Waals surface area contributed by atoms with Crippen LogP contribution in [-0.2, 0) is 11.2 Å². The number of benzene rings is 1. The molecule has 0 unspecified atom stereocenters. The van der Waals surface area contributed by atoms with Crippen LogP contribution >= 0.6 is 0 Å². The third-order valence-corrected chi connectivity index (χ3v) is 1.85. The van der Waals surface area contributed by atoms with Crippen LogP contribution in [0, 0.1) is 12.2 Å². The fraction of sp³-hybridized carbons (Fsp3) is 0.273. The standard InChI is InChI=1S/C11H12FO/c12-11-7-5-10(6-8-11)4-2-1-3-9-13/h3,5-9H,1-2,4H2. The first-order valence-electron chi connectivity index (χ1n) is 4.34. The van der Waals surface area contributed by atoms with E-state index in [1.54, 1.807) is 18.6 Å². The molecule has 0 spiro atoms. The Morgan fingerprint density at radius 1 is 1.23 bits per heavy atom. The number of hydrogen-bond donors (Lipinski definition) is 0. The molecule has 1 aromatic rings. The van der Waals surface area contributed by atoms with Crippen molar-refractivity contribution < 1.29 is 9.18 Å². The summed E-state index contributed by atoms with van der Waals surface area (Å²) < 4.78 is 12.5.